The van der Waals surface area contributed by atoms with Crippen LogP contribution in [0.2, 0.25) is 0 Å². The van der Waals surface area contributed by atoms with Crippen molar-refractivity contribution in [3.05, 3.63) is 17.9 Å². The number of sulfonamides is 1. The van der Waals surface area contributed by atoms with E-state index in [9.17, 15) is 12.8 Å². The average Bonchev–Trinajstić information content (AvgIpc) is 2.92. The van der Waals surface area contributed by atoms with Gasteiger partial charge in [0.2, 0.25) is 10.0 Å². The maximum Gasteiger partial charge on any atom is 0.243 e. The first-order valence-corrected chi connectivity index (χ1v) is 8.55. The highest BCUT2D eigenvalue weighted by Gasteiger charge is 2.32. The predicted molar refractivity (Wildman–Crippen MR) is 80.0 cm³/mol. The number of hydrogen-bond acceptors (Lipinski definition) is 5. The Balaban J connectivity index is 2.33. The summed E-state index contributed by atoms with van der Waals surface area (Å²) in [6.45, 7) is 0.404. The molecule has 1 saturated carbocycles. The number of nitrogens with one attached hydrogen (secondary N) is 1. The minimum Gasteiger partial charge on any atom is -0.493 e. The lowest BCUT2D eigenvalue weighted by Gasteiger charge is -2.20. The molecular formula is C14H21FN2O4S. The maximum absolute atomic E-state index is 14.1. The van der Waals surface area contributed by atoms with Gasteiger partial charge in [-0.25, -0.2) is 17.5 Å². The molecule has 1 fully saturated rings. The Morgan fingerprint density at radius 1 is 1.27 bits per heavy atom. The van der Waals surface area contributed by atoms with Crippen LogP contribution >= 0.6 is 0 Å². The van der Waals surface area contributed by atoms with E-state index in [0.717, 1.165) is 25.0 Å². The summed E-state index contributed by atoms with van der Waals surface area (Å²) in [5.74, 6) is -0.504. The zero-order chi connectivity index (χ0) is 16.3. The molecule has 0 bridgehead atoms. The second-order valence-corrected chi connectivity index (χ2v) is 6.97. The summed E-state index contributed by atoms with van der Waals surface area (Å²) >= 11 is 0. The van der Waals surface area contributed by atoms with Gasteiger partial charge in [-0.15, -0.1) is 0 Å². The number of ether oxygens (including phenoxy) is 2. The zero-order valence-electron chi connectivity index (χ0n) is 12.6. The molecule has 6 nitrogen and oxygen atoms in total. The standard InChI is InChI=1S/C14H21FN2O4S/c1-20-12-6-10(15)14(7-13(12)21-2)22(18,19)17-11-5-3-4-9(11)8-16/h6-7,9,11,17H,3-5,8,16H2,1-2H3/t9-,11+/m0/s1. The molecule has 1 aliphatic carbocycles. The zero-order valence-corrected chi connectivity index (χ0v) is 13.5. The lowest BCUT2D eigenvalue weighted by molar-refractivity contribution is 0.350. The van der Waals surface area contributed by atoms with E-state index in [1.54, 1.807) is 0 Å². The van der Waals surface area contributed by atoms with Gasteiger partial charge < -0.3 is 15.2 Å². The first-order valence-electron chi connectivity index (χ1n) is 7.07. The number of benzene rings is 1. The molecule has 0 spiro atoms. The van der Waals surface area contributed by atoms with Crippen LogP contribution in [0.1, 0.15) is 19.3 Å². The van der Waals surface area contributed by atoms with Crippen LogP contribution in [0.15, 0.2) is 17.0 Å². The minimum atomic E-state index is -3.99. The minimum absolute atomic E-state index is 0.0815. The number of halogens is 1. The highest BCUT2D eigenvalue weighted by Crippen LogP contribution is 2.33. The second-order valence-electron chi connectivity index (χ2n) is 5.29. The van der Waals surface area contributed by atoms with Crippen LogP contribution in [0.5, 0.6) is 11.5 Å². The quantitative estimate of drug-likeness (QED) is 0.818. The molecule has 8 heteroatoms. The molecule has 0 radical (unpaired) electrons. The van der Waals surface area contributed by atoms with E-state index in [4.69, 9.17) is 15.2 Å². The molecule has 2 rings (SSSR count). The number of hydrogen-bond donors (Lipinski definition) is 2. The summed E-state index contributed by atoms with van der Waals surface area (Å²) in [6, 6.07) is 1.87. The molecule has 0 aromatic heterocycles. The van der Waals surface area contributed by atoms with E-state index in [1.807, 2.05) is 0 Å². The van der Waals surface area contributed by atoms with Crippen LogP contribution in [0, 0.1) is 11.7 Å². The van der Waals surface area contributed by atoms with Crippen LogP contribution in [-0.4, -0.2) is 35.2 Å². The Kier molecular flexibility index (Phi) is 5.25. The van der Waals surface area contributed by atoms with Crippen LogP contribution in [-0.2, 0) is 10.0 Å². The van der Waals surface area contributed by atoms with Crippen molar-refractivity contribution in [1.82, 2.24) is 4.72 Å². The van der Waals surface area contributed by atoms with Crippen molar-refractivity contribution in [2.24, 2.45) is 11.7 Å². The summed E-state index contributed by atoms with van der Waals surface area (Å²) in [4.78, 5) is -0.451. The molecule has 0 aliphatic heterocycles. The van der Waals surface area contributed by atoms with E-state index in [-0.39, 0.29) is 23.5 Å². The SMILES string of the molecule is COc1cc(F)c(S(=O)(=O)N[C@@H]2CCC[C@H]2CN)cc1OC. The van der Waals surface area contributed by atoms with Crippen LogP contribution in [0.25, 0.3) is 0 Å². The lowest BCUT2D eigenvalue weighted by atomic mass is 10.1. The molecular weight excluding hydrogens is 311 g/mol. The third kappa shape index (κ3) is 3.34. The van der Waals surface area contributed by atoms with E-state index in [1.165, 1.54) is 14.2 Å². The smallest absolute Gasteiger partial charge is 0.243 e. The van der Waals surface area contributed by atoms with Gasteiger partial charge >= 0.3 is 0 Å². The summed E-state index contributed by atoms with van der Waals surface area (Å²) < 4.78 is 51.6. The van der Waals surface area contributed by atoms with Crippen molar-refractivity contribution in [2.75, 3.05) is 20.8 Å². The Morgan fingerprint density at radius 3 is 2.50 bits per heavy atom. The Bertz CT molecular complexity index is 636. The number of nitrogens with two attached hydrogens (primary N) is 1. The van der Waals surface area contributed by atoms with E-state index in [2.05, 4.69) is 4.72 Å². The van der Waals surface area contributed by atoms with Gasteiger partial charge in [-0.05, 0) is 25.3 Å². The Hall–Kier alpha value is -1.38. The summed E-state index contributed by atoms with van der Waals surface area (Å²) in [5, 5.41) is 0. The molecule has 0 heterocycles. The summed E-state index contributed by atoms with van der Waals surface area (Å²) in [5.41, 5.74) is 5.65. The molecule has 1 aliphatic rings. The fourth-order valence-corrected chi connectivity index (χ4v) is 4.19. The molecule has 0 unspecified atom stereocenters. The van der Waals surface area contributed by atoms with Gasteiger partial charge in [0.05, 0.1) is 14.2 Å². The predicted octanol–water partition coefficient (Wildman–Crippen LogP) is 1.25. The normalized spacial score (nSPS) is 21.8. The van der Waals surface area contributed by atoms with Gasteiger partial charge in [0, 0.05) is 18.2 Å². The van der Waals surface area contributed by atoms with E-state index >= 15 is 0 Å². The van der Waals surface area contributed by atoms with Gasteiger partial charge in [0.15, 0.2) is 11.5 Å². The number of methoxy groups -OCH3 is 2. The highest BCUT2D eigenvalue weighted by atomic mass is 32.2. The van der Waals surface area contributed by atoms with Crippen molar-refractivity contribution in [2.45, 2.75) is 30.2 Å². The molecule has 1 aromatic rings. The van der Waals surface area contributed by atoms with Crippen molar-refractivity contribution < 1.29 is 22.3 Å². The largest absolute Gasteiger partial charge is 0.493 e. The Labute approximate surface area is 129 Å². The molecule has 3 N–H and O–H groups in total. The van der Waals surface area contributed by atoms with E-state index in [0.29, 0.717) is 13.0 Å². The first kappa shape index (κ1) is 17.0. The van der Waals surface area contributed by atoms with Gasteiger partial charge in [0.1, 0.15) is 10.7 Å². The lowest BCUT2D eigenvalue weighted by Crippen LogP contribution is -2.40. The third-order valence-corrected chi connectivity index (χ3v) is 5.50. The molecule has 0 amide bonds. The van der Waals surface area contributed by atoms with Crippen molar-refractivity contribution in [1.29, 1.82) is 0 Å². The molecule has 1 aromatic carbocycles. The monoisotopic (exact) mass is 332 g/mol. The van der Waals surface area contributed by atoms with Gasteiger partial charge in [0.25, 0.3) is 0 Å². The fraction of sp³-hybridized carbons (Fsp3) is 0.571. The molecule has 0 saturated heterocycles. The van der Waals surface area contributed by atoms with Crippen LogP contribution in [0.3, 0.4) is 0 Å². The maximum atomic E-state index is 14.1. The highest BCUT2D eigenvalue weighted by molar-refractivity contribution is 7.89. The van der Waals surface area contributed by atoms with E-state index < -0.39 is 20.7 Å². The van der Waals surface area contributed by atoms with Crippen molar-refractivity contribution >= 4 is 10.0 Å². The molecule has 124 valence electrons. The fourth-order valence-electron chi connectivity index (χ4n) is 2.78. The van der Waals surface area contributed by atoms with Gasteiger partial charge in [-0.3, -0.25) is 0 Å². The molecule has 2 atom stereocenters. The van der Waals surface area contributed by atoms with Crippen LogP contribution in [0.4, 0.5) is 4.39 Å². The second kappa shape index (κ2) is 6.80. The Morgan fingerprint density at radius 2 is 1.91 bits per heavy atom. The summed E-state index contributed by atoms with van der Waals surface area (Å²) in [6.07, 6.45) is 2.48. The average molecular weight is 332 g/mol. The van der Waals surface area contributed by atoms with Gasteiger partial charge in [-0.1, -0.05) is 6.42 Å². The first-order chi connectivity index (χ1) is 10.4. The van der Waals surface area contributed by atoms with Crippen LogP contribution < -0.4 is 19.9 Å². The van der Waals surface area contributed by atoms with Crippen molar-refractivity contribution in [3.63, 3.8) is 0 Å². The molecule has 22 heavy (non-hydrogen) atoms. The topological polar surface area (TPSA) is 90.7 Å². The third-order valence-electron chi connectivity index (χ3n) is 4.00. The van der Waals surface area contributed by atoms with Crippen molar-refractivity contribution in [3.8, 4) is 11.5 Å². The van der Waals surface area contributed by atoms with Gasteiger partial charge in [-0.2, -0.15) is 0 Å². The summed E-state index contributed by atoms with van der Waals surface area (Å²) in [7, 11) is -1.27. The number of rotatable bonds is 6.